The van der Waals surface area contributed by atoms with E-state index in [1.54, 1.807) is 30.8 Å². The first-order valence-corrected chi connectivity index (χ1v) is 8.85. The highest BCUT2D eigenvalue weighted by atomic mass is 32.2. The normalized spacial score (nSPS) is 12.9. The van der Waals surface area contributed by atoms with E-state index in [0.717, 1.165) is 46.2 Å². The van der Waals surface area contributed by atoms with E-state index in [-0.39, 0.29) is 11.5 Å². The van der Waals surface area contributed by atoms with Crippen molar-refractivity contribution in [3.63, 3.8) is 0 Å². The van der Waals surface area contributed by atoms with E-state index in [1.807, 2.05) is 24.3 Å². The van der Waals surface area contributed by atoms with Gasteiger partial charge in [-0.2, -0.15) is 0 Å². The maximum Gasteiger partial charge on any atom is 0.159 e. The topological polar surface area (TPSA) is 43.8 Å². The van der Waals surface area contributed by atoms with Crippen LogP contribution in [-0.4, -0.2) is 43.0 Å². The molecule has 0 fully saturated rings. The Kier molecular flexibility index (Phi) is 4.83. The van der Waals surface area contributed by atoms with Gasteiger partial charge in [0.25, 0.3) is 0 Å². The van der Waals surface area contributed by atoms with E-state index in [1.165, 1.54) is 0 Å². The summed E-state index contributed by atoms with van der Waals surface area (Å²) in [6, 6.07) is 11.3. The van der Waals surface area contributed by atoms with Crippen LogP contribution < -0.4 is 4.90 Å². The molecular formula is C19H22N2O2S. The molecule has 2 aromatic carbocycles. The Morgan fingerprint density at radius 1 is 1.12 bits per heavy atom. The van der Waals surface area contributed by atoms with Crippen LogP contribution in [0.4, 0.5) is 11.4 Å². The van der Waals surface area contributed by atoms with Gasteiger partial charge in [-0.05, 0) is 64.3 Å². The van der Waals surface area contributed by atoms with E-state index >= 15 is 0 Å². The van der Waals surface area contributed by atoms with Gasteiger partial charge in [0.05, 0.1) is 11.4 Å². The van der Waals surface area contributed by atoms with Crippen LogP contribution in [0.15, 0.2) is 46.2 Å². The fourth-order valence-electron chi connectivity index (χ4n) is 2.88. The summed E-state index contributed by atoms with van der Waals surface area (Å²) in [6.45, 7) is 3.46. The lowest BCUT2D eigenvalue weighted by molar-refractivity contribution is 0.101. The number of benzene rings is 2. The molecule has 0 saturated heterocycles. The molecule has 0 atom stereocenters. The predicted molar refractivity (Wildman–Crippen MR) is 98.9 cm³/mol. The largest absolute Gasteiger partial charge is 0.508 e. The Bertz CT molecular complexity index is 774. The van der Waals surface area contributed by atoms with Crippen molar-refractivity contribution in [2.75, 3.05) is 32.1 Å². The molecule has 1 aliphatic heterocycles. The number of Topliss-reactive ketones (excluding diaryl/α,β-unsaturated/α-hetero) is 1. The third-order valence-electron chi connectivity index (χ3n) is 4.10. The fourth-order valence-corrected chi connectivity index (χ4v) is 3.98. The Hall–Kier alpha value is -1.98. The second-order valence-electron chi connectivity index (χ2n) is 6.30. The number of fused-ring (bicyclic) bond motifs is 2. The number of anilines is 2. The number of carbonyl (C=O) groups is 1. The summed E-state index contributed by atoms with van der Waals surface area (Å²) in [5, 5.41) is 9.81. The lowest BCUT2D eigenvalue weighted by Gasteiger charge is -2.33. The standard InChI is InChI=1S/C19H22N2O2S/c1-13(22)14-5-8-18-17(11-14)21(10-4-9-20(2)3)16-7-6-15(23)12-19(16)24-18/h5-8,11-12,23H,4,9-10H2,1-3H3. The van der Waals surface area contributed by atoms with Crippen molar-refractivity contribution < 1.29 is 9.90 Å². The highest BCUT2D eigenvalue weighted by molar-refractivity contribution is 7.99. The molecule has 1 heterocycles. The fraction of sp³-hybridized carbons (Fsp3) is 0.316. The zero-order chi connectivity index (χ0) is 17.3. The zero-order valence-electron chi connectivity index (χ0n) is 14.2. The summed E-state index contributed by atoms with van der Waals surface area (Å²) < 4.78 is 0. The maximum atomic E-state index is 11.8. The average molecular weight is 342 g/mol. The molecule has 24 heavy (non-hydrogen) atoms. The summed E-state index contributed by atoms with van der Waals surface area (Å²) in [6.07, 6.45) is 1.02. The Labute approximate surface area is 147 Å². The van der Waals surface area contributed by atoms with Gasteiger partial charge in [-0.3, -0.25) is 4.79 Å². The number of hydrogen-bond acceptors (Lipinski definition) is 5. The highest BCUT2D eigenvalue weighted by Gasteiger charge is 2.24. The number of aromatic hydroxyl groups is 1. The quantitative estimate of drug-likeness (QED) is 0.827. The van der Waals surface area contributed by atoms with Crippen LogP contribution in [0.1, 0.15) is 23.7 Å². The first-order valence-electron chi connectivity index (χ1n) is 8.04. The predicted octanol–water partition coefficient (Wildman–Crippen LogP) is 4.15. The summed E-state index contributed by atoms with van der Waals surface area (Å²) >= 11 is 1.64. The van der Waals surface area contributed by atoms with Gasteiger partial charge in [0.15, 0.2) is 5.78 Å². The molecule has 5 heteroatoms. The number of nitrogens with zero attached hydrogens (tertiary/aromatic N) is 2. The number of phenolic OH excluding ortho intramolecular Hbond substituents is 1. The van der Waals surface area contributed by atoms with Gasteiger partial charge in [0.2, 0.25) is 0 Å². The molecule has 0 aliphatic carbocycles. The van der Waals surface area contributed by atoms with E-state index in [0.29, 0.717) is 0 Å². The Morgan fingerprint density at radius 3 is 2.62 bits per heavy atom. The van der Waals surface area contributed by atoms with Crippen molar-refractivity contribution in [3.05, 3.63) is 42.0 Å². The summed E-state index contributed by atoms with van der Waals surface area (Å²) in [7, 11) is 4.14. The molecule has 126 valence electrons. The smallest absolute Gasteiger partial charge is 0.159 e. The van der Waals surface area contributed by atoms with Gasteiger partial charge in [-0.1, -0.05) is 17.8 Å². The lowest BCUT2D eigenvalue weighted by atomic mass is 10.1. The first-order chi connectivity index (χ1) is 11.5. The van der Waals surface area contributed by atoms with Crippen molar-refractivity contribution in [3.8, 4) is 5.75 Å². The van der Waals surface area contributed by atoms with Crippen molar-refractivity contribution in [1.82, 2.24) is 4.90 Å². The number of phenols is 1. The van der Waals surface area contributed by atoms with Gasteiger partial charge in [-0.25, -0.2) is 0 Å². The van der Waals surface area contributed by atoms with Crippen LogP contribution >= 0.6 is 11.8 Å². The van der Waals surface area contributed by atoms with Gasteiger partial charge in [0.1, 0.15) is 5.75 Å². The van der Waals surface area contributed by atoms with E-state index in [2.05, 4.69) is 23.9 Å². The minimum absolute atomic E-state index is 0.0764. The van der Waals surface area contributed by atoms with E-state index in [4.69, 9.17) is 0 Å². The number of ketones is 1. The maximum absolute atomic E-state index is 11.8. The van der Waals surface area contributed by atoms with Crippen molar-refractivity contribution in [2.24, 2.45) is 0 Å². The molecule has 0 saturated carbocycles. The van der Waals surface area contributed by atoms with Crippen LogP contribution in [-0.2, 0) is 0 Å². The number of carbonyl (C=O) groups excluding carboxylic acids is 1. The molecule has 2 aromatic rings. The summed E-state index contributed by atoms with van der Waals surface area (Å²) in [5.41, 5.74) is 2.89. The minimum atomic E-state index is 0.0764. The van der Waals surface area contributed by atoms with Gasteiger partial charge >= 0.3 is 0 Å². The summed E-state index contributed by atoms with van der Waals surface area (Å²) in [5.74, 6) is 0.353. The van der Waals surface area contributed by atoms with Crippen molar-refractivity contribution in [1.29, 1.82) is 0 Å². The second kappa shape index (κ2) is 6.87. The first kappa shape index (κ1) is 16.9. The average Bonchev–Trinajstić information content (AvgIpc) is 2.53. The van der Waals surface area contributed by atoms with Gasteiger partial charge in [-0.15, -0.1) is 0 Å². The van der Waals surface area contributed by atoms with Gasteiger partial charge in [0, 0.05) is 21.9 Å². The molecule has 3 rings (SSSR count). The SMILES string of the molecule is CC(=O)c1ccc2c(c1)N(CCCN(C)C)c1ccc(O)cc1S2. The van der Waals surface area contributed by atoms with E-state index < -0.39 is 0 Å². The van der Waals surface area contributed by atoms with Crippen molar-refractivity contribution in [2.45, 2.75) is 23.1 Å². The highest BCUT2D eigenvalue weighted by Crippen LogP contribution is 2.49. The molecule has 4 nitrogen and oxygen atoms in total. The molecule has 0 radical (unpaired) electrons. The van der Waals surface area contributed by atoms with E-state index in [9.17, 15) is 9.90 Å². The molecule has 0 unspecified atom stereocenters. The molecular weight excluding hydrogens is 320 g/mol. The molecule has 0 bridgehead atoms. The van der Waals surface area contributed by atoms with Gasteiger partial charge < -0.3 is 14.9 Å². The molecule has 0 aromatic heterocycles. The Balaban J connectivity index is 2.01. The summed E-state index contributed by atoms with van der Waals surface area (Å²) in [4.78, 5) is 18.4. The van der Waals surface area contributed by atoms with Crippen LogP contribution in [0.3, 0.4) is 0 Å². The number of hydrogen-bond donors (Lipinski definition) is 1. The van der Waals surface area contributed by atoms with Crippen LogP contribution in [0.25, 0.3) is 0 Å². The van der Waals surface area contributed by atoms with Crippen LogP contribution in [0.2, 0.25) is 0 Å². The second-order valence-corrected chi connectivity index (χ2v) is 7.39. The molecule has 0 spiro atoms. The lowest BCUT2D eigenvalue weighted by Crippen LogP contribution is -2.25. The molecule has 1 N–H and O–H groups in total. The third kappa shape index (κ3) is 3.42. The zero-order valence-corrected chi connectivity index (χ0v) is 15.1. The number of rotatable bonds is 5. The van der Waals surface area contributed by atoms with Crippen LogP contribution in [0, 0.1) is 0 Å². The Morgan fingerprint density at radius 2 is 1.92 bits per heavy atom. The van der Waals surface area contributed by atoms with Crippen LogP contribution in [0.5, 0.6) is 5.75 Å². The minimum Gasteiger partial charge on any atom is -0.508 e. The molecule has 1 aliphatic rings. The molecule has 0 amide bonds. The third-order valence-corrected chi connectivity index (χ3v) is 5.21. The monoisotopic (exact) mass is 342 g/mol. The van der Waals surface area contributed by atoms with Crippen molar-refractivity contribution >= 4 is 28.9 Å².